The Bertz CT molecular complexity index is 564. The van der Waals surface area contributed by atoms with Crippen LogP contribution < -0.4 is 4.74 Å². The average molecular weight is 274 g/mol. The van der Waals surface area contributed by atoms with Crippen LogP contribution in [0.25, 0.3) is 0 Å². The van der Waals surface area contributed by atoms with Crippen LogP contribution in [-0.2, 0) is 6.61 Å². The summed E-state index contributed by atoms with van der Waals surface area (Å²) in [6.45, 7) is 4.19. The van der Waals surface area contributed by atoms with E-state index in [9.17, 15) is 9.50 Å². The minimum atomic E-state index is -0.436. The van der Waals surface area contributed by atoms with Crippen molar-refractivity contribution in [3.8, 4) is 5.75 Å². The Kier molecular flexibility index (Phi) is 4.74. The van der Waals surface area contributed by atoms with Crippen LogP contribution in [0.15, 0.2) is 42.5 Å². The van der Waals surface area contributed by atoms with E-state index in [0.29, 0.717) is 18.8 Å². The Hall–Kier alpha value is -1.87. The number of rotatable bonds is 5. The summed E-state index contributed by atoms with van der Waals surface area (Å²) in [5.74, 6) is 0.455. The fourth-order valence-electron chi connectivity index (χ4n) is 1.98. The molecule has 1 atom stereocenters. The van der Waals surface area contributed by atoms with E-state index in [1.165, 1.54) is 12.1 Å². The van der Waals surface area contributed by atoms with Gasteiger partial charge in [0.05, 0.1) is 6.10 Å². The lowest BCUT2D eigenvalue weighted by atomic mass is 10.1. The number of hydrogen-bond acceptors (Lipinski definition) is 2. The van der Waals surface area contributed by atoms with Gasteiger partial charge < -0.3 is 9.84 Å². The lowest BCUT2D eigenvalue weighted by Crippen LogP contribution is -1.99. The van der Waals surface area contributed by atoms with Gasteiger partial charge in [-0.3, -0.25) is 0 Å². The van der Waals surface area contributed by atoms with Crippen LogP contribution in [0.4, 0.5) is 4.39 Å². The van der Waals surface area contributed by atoms with Crippen molar-refractivity contribution in [2.45, 2.75) is 33.0 Å². The first kappa shape index (κ1) is 14.5. The largest absolute Gasteiger partial charge is 0.489 e. The van der Waals surface area contributed by atoms with E-state index in [4.69, 9.17) is 4.74 Å². The molecular formula is C17H19FO2. The first-order valence-corrected chi connectivity index (χ1v) is 6.76. The molecule has 0 aliphatic rings. The smallest absolute Gasteiger partial charge is 0.123 e. The maximum absolute atomic E-state index is 13.2. The summed E-state index contributed by atoms with van der Waals surface area (Å²) in [5, 5.41) is 9.71. The molecule has 0 aromatic heterocycles. The average Bonchev–Trinajstić information content (AvgIpc) is 2.48. The van der Waals surface area contributed by atoms with E-state index in [0.717, 1.165) is 16.7 Å². The predicted octanol–water partition coefficient (Wildman–Crippen LogP) is 4.16. The van der Waals surface area contributed by atoms with Crippen molar-refractivity contribution in [3.63, 3.8) is 0 Å². The molecule has 0 bridgehead atoms. The summed E-state index contributed by atoms with van der Waals surface area (Å²) in [5.41, 5.74) is 2.72. The third kappa shape index (κ3) is 3.58. The molecule has 0 aliphatic heterocycles. The number of halogens is 1. The van der Waals surface area contributed by atoms with Gasteiger partial charge in [0.25, 0.3) is 0 Å². The molecule has 1 N–H and O–H groups in total. The van der Waals surface area contributed by atoms with E-state index in [-0.39, 0.29) is 5.82 Å². The van der Waals surface area contributed by atoms with Gasteiger partial charge in [0.15, 0.2) is 0 Å². The van der Waals surface area contributed by atoms with Gasteiger partial charge in [-0.05, 0) is 54.3 Å². The molecule has 2 aromatic rings. The molecule has 3 heteroatoms. The Morgan fingerprint density at radius 1 is 1.15 bits per heavy atom. The van der Waals surface area contributed by atoms with Crippen molar-refractivity contribution < 1.29 is 14.2 Å². The highest BCUT2D eigenvalue weighted by Crippen LogP contribution is 2.21. The number of aliphatic hydroxyl groups is 1. The van der Waals surface area contributed by atoms with Gasteiger partial charge in [0.2, 0.25) is 0 Å². The molecule has 2 rings (SSSR count). The maximum Gasteiger partial charge on any atom is 0.123 e. The summed E-state index contributed by atoms with van der Waals surface area (Å²) in [6, 6.07) is 12.0. The Labute approximate surface area is 118 Å². The van der Waals surface area contributed by atoms with Gasteiger partial charge >= 0.3 is 0 Å². The van der Waals surface area contributed by atoms with Crippen molar-refractivity contribution in [2.75, 3.05) is 0 Å². The van der Waals surface area contributed by atoms with E-state index in [1.54, 1.807) is 6.07 Å². The highest BCUT2D eigenvalue weighted by Gasteiger charge is 2.05. The van der Waals surface area contributed by atoms with Crippen LogP contribution in [0.2, 0.25) is 0 Å². The Morgan fingerprint density at radius 2 is 1.85 bits per heavy atom. The fourth-order valence-corrected chi connectivity index (χ4v) is 1.98. The Morgan fingerprint density at radius 3 is 2.50 bits per heavy atom. The van der Waals surface area contributed by atoms with Crippen LogP contribution >= 0.6 is 0 Å². The van der Waals surface area contributed by atoms with Crippen LogP contribution in [-0.4, -0.2) is 5.11 Å². The zero-order valence-electron chi connectivity index (χ0n) is 11.8. The molecule has 0 unspecified atom stereocenters. The number of aliphatic hydroxyl groups excluding tert-OH is 1. The molecule has 0 heterocycles. The summed E-state index contributed by atoms with van der Waals surface area (Å²) < 4.78 is 18.8. The first-order valence-electron chi connectivity index (χ1n) is 6.76. The second-order valence-electron chi connectivity index (χ2n) is 4.85. The predicted molar refractivity (Wildman–Crippen MR) is 77.2 cm³/mol. The molecular weight excluding hydrogens is 255 g/mol. The number of aryl methyl sites for hydroxylation is 1. The quantitative estimate of drug-likeness (QED) is 0.887. The maximum atomic E-state index is 13.2. The highest BCUT2D eigenvalue weighted by molar-refractivity contribution is 5.30. The highest BCUT2D eigenvalue weighted by atomic mass is 19.1. The number of benzene rings is 2. The molecule has 0 saturated carbocycles. The van der Waals surface area contributed by atoms with Crippen molar-refractivity contribution in [3.05, 3.63) is 65.0 Å². The zero-order valence-corrected chi connectivity index (χ0v) is 11.8. The molecule has 106 valence electrons. The Balaban J connectivity index is 2.02. The molecule has 2 nitrogen and oxygen atoms in total. The van der Waals surface area contributed by atoms with Gasteiger partial charge in [0.1, 0.15) is 18.2 Å². The van der Waals surface area contributed by atoms with Crippen LogP contribution in [0.3, 0.4) is 0 Å². The second kappa shape index (κ2) is 6.53. The SMILES string of the molecule is CC[C@H](O)c1ccc(OCc2cc(F)ccc2C)cc1. The summed E-state index contributed by atoms with van der Waals surface area (Å²) in [7, 11) is 0. The van der Waals surface area contributed by atoms with Crippen LogP contribution in [0.1, 0.15) is 36.1 Å². The fraction of sp³-hybridized carbons (Fsp3) is 0.294. The van der Waals surface area contributed by atoms with Crippen molar-refractivity contribution >= 4 is 0 Å². The van der Waals surface area contributed by atoms with E-state index in [1.807, 2.05) is 38.1 Å². The molecule has 0 aliphatic carbocycles. The normalized spacial score (nSPS) is 12.2. The van der Waals surface area contributed by atoms with Crippen LogP contribution in [0.5, 0.6) is 5.75 Å². The van der Waals surface area contributed by atoms with Crippen molar-refractivity contribution in [1.29, 1.82) is 0 Å². The third-order valence-corrected chi connectivity index (χ3v) is 3.36. The molecule has 20 heavy (non-hydrogen) atoms. The van der Waals surface area contributed by atoms with E-state index in [2.05, 4.69) is 0 Å². The number of ether oxygens (including phenoxy) is 1. The molecule has 0 fully saturated rings. The standard InChI is InChI=1S/C17H19FO2/c1-3-17(19)13-5-8-16(9-6-13)20-11-14-10-15(18)7-4-12(14)2/h4-10,17,19H,3,11H2,1-2H3/t17-/m0/s1. The molecule has 0 spiro atoms. The summed E-state index contributed by atoms with van der Waals surface area (Å²) in [4.78, 5) is 0. The van der Waals surface area contributed by atoms with Gasteiger partial charge in [-0.15, -0.1) is 0 Å². The lowest BCUT2D eigenvalue weighted by molar-refractivity contribution is 0.173. The monoisotopic (exact) mass is 274 g/mol. The molecule has 0 radical (unpaired) electrons. The van der Waals surface area contributed by atoms with E-state index >= 15 is 0 Å². The van der Waals surface area contributed by atoms with Crippen molar-refractivity contribution in [2.24, 2.45) is 0 Å². The summed E-state index contributed by atoms with van der Waals surface area (Å²) >= 11 is 0. The molecule has 0 saturated heterocycles. The lowest BCUT2D eigenvalue weighted by Gasteiger charge is -2.11. The number of hydrogen-bond donors (Lipinski definition) is 1. The molecule has 2 aromatic carbocycles. The van der Waals surface area contributed by atoms with Gasteiger partial charge in [0, 0.05) is 0 Å². The molecule has 0 amide bonds. The zero-order chi connectivity index (χ0) is 14.5. The topological polar surface area (TPSA) is 29.5 Å². The van der Waals surface area contributed by atoms with Gasteiger partial charge in [-0.2, -0.15) is 0 Å². The minimum Gasteiger partial charge on any atom is -0.489 e. The van der Waals surface area contributed by atoms with E-state index < -0.39 is 6.10 Å². The van der Waals surface area contributed by atoms with Crippen molar-refractivity contribution in [1.82, 2.24) is 0 Å². The third-order valence-electron chi connectivity index (χ3n) is 3.36. The second-order valence-corrected chi connectivity index (χ2v) is 4.85. The van der Waals surface area contributed by atoms with Gasteiger partial charge in [-0.1, -0.05) is 25.1 Å². The van der Waals surface area contributed by atoms with Gasteiger partial charge in [-0.25, -0.2) is 4.39 Å². The summed E-state index contributed by atoms with van der Waals surface area (Å²) in [6.07, 6.45) is 0.248. The van der Waals surface area contributed by atoms with Crippen LogP contribution in [0, 0.1) is 12.7 Å². The minimum absolute atomic E-state index is 0.254. The first-order chi connectivity index (χ1) is 9.60.